The molecule has 0 fully saturated rings. The van der Waals surface area contributed by atoms with Crippen LogP contribution in [0.15, 0.2) is 84.2 Å². The maximum Gasteiger partial charge on any atom is 0.284 e. The van der Waals surface area contributed by atoms with Crippen LogP contribution in [0.5, 0.6) is 5.75 Å². The zero-order valence-corrected chi connectivity index (χ0v) is 18.7. The third-order valence-electron chi connectivity index (χ3n) is 5.72. The molecule has 0 saturated heterocycles. The van der Waals surface area contributed by atoms with E-state index in [0.717, 1.165) is 22.4 Å². The summed E-state index contributed by atoms with van der Waals surface area (Å²) in [6, 6.07) is 19.9. The molecule has 0 unspecified atom stereocenters. The molecule has 0 aliphatic heterocycles. The fourth-order valence-electron chi connectivity index (χ4n) is 4.04. The number of halogens is 1. The van der Waals surface area contributed by atoms with Crippen molar-refractivity contribution in [3.63, 3.8) is 0 Å². The van der Waals surface area contributed by atoms with Crippen LogP contribution in [0.25, 0.3) is 33.7 Å². The van der Waals surface area contributed by atoms with E-state index in [1.807, 2.05) is 49.5 Å². The molecule has 7 nitrogen and oxygen atoms in total. The van der Waals surface area contributed by atoms with Crippen LogP contribution in [-0.4, -0.2) is 33.3 Å². The molecular formula is C26H22FN5O2. The summed E-state index contributed by atoms with van der Waals surface area (Å²) in [5, 5.41) is 3.13. The van der Waals surface area contributed by atoms with Gasteiger partial charge in [0.25, 0.3) is 5.56 Å². The zero-order valence-electron chi connectivity index (χ0n) is 18.7. The van der Waals surface area contributed by atoms with Gasteiger partial charge >= 0.3 is 0 Å². The van der Waals surface area contributed by atoms with E-state index in [2.05, 4.69) is 15.3 Å². The van der Waals surface area contributed by atoms with Crippen LogP contribution < -0.4 is 15.6 Å². The molecule has 0 amide bonds. The van der Waals surface area contributed by atoms with E-state index in [1.165, 1.54) is 23.3 Å². The fraction of sp³-hybridized carbons (Fsp3) is 0.115. The van der Waals surface area contributed by atoms with Gasteiger partial charge in [0, 0.05) is 12.2 Å². The number of methoxy groups -OCH3 is 1. The Bertz CT molecular complexity index is 1540. The topological polar surface area (TPSA) is 74.0 Å². The predicted octanol–water partition coefficient (Wildman–Crippen LogP) is 4.11. The number of fused-ring (bicyclic) bond motifs is 1. The Balaban J connectivity index is 1.60. The van der Waals surface area contributed by atoms with Crippen molar-refractivity contribution in [2.45, 2.75) is 6.54 Å². The Kier molecular flexibility index (Phi) is 5.65. The minimum Gasteiger partial charge on any atom is -0.497 e. The lowest BCUT2D eigenvalue weighted by molar-refractivity contribution is 0.415. The van der Waals surface area contributed by atoms with Gasteiger partial charge in [0.15, 0.2) is 11.2 Å². The van der Waals surface area contributed by atoms with Crippen molar-refractivity contribution in [1.82, 2.24) is 24.4 Å². The number of nitrogens with zero attached hydrogens (tertiary/aromatic N) is 4. The van der Waals surface area contributed by atoms with Crippen molar-refractivity contribution < 1.29 is 9.13 Å². The summed E-state index contributed by atoms with van der Waals surface area (Å²) in [7, 11) is 3.45. The van der Waals surface area contributed by atoms with Gasteiger partial charge in [-0.2, -0.15) is 0 Å². The lowest BCUT2D eigenvalue weighted by Crippen LogP contribution is -2.21. The zero-order chi connectivity index (χ0) is 23.7. The second-order valence-corrected chi connectivity index (χ2v) is 7.76. The number of rotatable bonds is 6. The van der Waals surface area contributed by atoms with Crippen LogP contribution in [0.1, 0.15) is 5.56 Å². The minimum atomic E-state index is -0.518. The number of ether oxygens (including phenoxy) is 1. The fourth-order valence-corrected chi connectivity index (χ4v) is 4.04. The number of nitrogens with one attached hydrogen (secondary N) is 1. The second-order valence-electron chi connectivity index (χ2n) is 7.76. The van der Waals surface area contributed by atoms with E-state index in [1.54, 1.807) is 29.9 Å². The van der Waals surface area contributed by atoms with E-state index >= 15 is 4.39 Å². The Morgan fingerprint density at radius 1 is 0.971 bits per heavy atom. The van der Waals surface area contributed by atoms with Crippen LogP contribution in [0, 0.1) is 5.82 Å². The van der Waals surface area contributed by atoms with Crippen molar-refractivity contribution in [2.75, 3.05) is 14.2 Å². The van der Waals surface area contributed by atoms with Gasteiger partial charge in [-0.25, -0.2) is 14.4 Å². The van der Waals surface area contributed by atoms with E-state index in [0.29, 0.717) is 12.3 Å². The van der Waals surface area contributed by atoms with Crippen LogP contribution in [0.2, 0.25) is 0 Å². The SMILES string of the molecule is CNCc1ccccc1-c1ccc(-n2cnc3ncn(-c4ccc(OC)cc4)c3c2=O)c(F)c1. The molecule has 0 radical (unpaired) electrons. The van der Waals surface area contributed by atoms with Gasteiger partial charge in [0.05, 0.1) is 12.8 Å². The van der Waals surface area contributed by atoms with Gasteiger partial charge in [0.2, 0.25) is 0 Å². The van der Waals surface area contributed by atoms with Crippen LogP contribution in [0.4, 0.5) is 4.39 Å². The molecule has 3 aromatic carbocycles. The van der Waals surface area contributed by atoms with Crippen molar-refractivity contribution in [3.05, 3.63) is 101 Å². The number of aromatic nitrogens is 4. The summed E-state index contributed by atoms with van der Waals surface area (Å²) in [6.45, 7) is 0.662. The highest BCUT2D eigenvalue weighted by atomic mass is 19.1. The molecule has 0 spiro atoms. The van der Waals surface area contributed by atoms with Crippen molar-refractivity contribution in [3.8, 4) is 28.3 Å². The van der Waals surface area contributed by atoms with Crippen molar-refractivity contribution in [2.24, 2.45) is 0 Å². The van der Waals surface area contributed by atoms with E-state index in [9.17, 15) is 4.79 Å². The summed E-state index contributed by atoms with van der Waals surface area (Å²) in [4.78, 5) is 22.0. The van der Waals surface area contributed by atoms with Gasteiger partial charge in [-0.15, -0.1) is 0 Å². The molecule has 0 bridgehead atoms. The molecule has 170 valence electrons. The molecule has 0 atom stereocenters. The Labute approximate surface area is 195 Å². The lowest BCUT2D eigenvalue weighted by atomic mass is 9.99. The van der Waals surface area contributed by atoms with Crippen molar-refractivity contribution in [1.29, 1.82) is 0 Å². The highest BCUT2D eigenvalue weighted by molar-refractivity contribution is 5.73. The first kappa shape index (κ1) is 21.5. The normalized spacial score (nSPS) is 11.1. The number of imidazole rings is 1. The first-order valence-electron chi connectivity index (χ1n) is 10.7. The quantitative estimate of drug-likeness (QED) is 0.417. The average molecular weight is 455 g/mol. The number of hydrogen-bond acceptors (Lipinski definition) is 5. The molecular weight excluding hydrogens is 433 g/mol. The van der Waals surface area contributed by atoms with Crippen molar-refractivity contribution >= 4 is 11.2 Å². The van der Waals surface area contributed by atoms with Gasteiger partial charge in [-0.05, 0) is 60.1 Å². The molecule has 1 N–H and O–H groups in total. The van der Waals surface area contributed by atoms with Gasteiger partial charge < -0.3 is 10.1 Å². The standard InChI is InChI=1S/C26H22FN5O2/c1-28-14-18-5-3-4-6-21(18)17-7-12-23(22(27)13-17)32-16-30-25-24(26(32)33)31(15-29-25)19-8-10-20(34-2)11-9-19/h3-13,15-16,28H,14H2,1-2H3. The summed E-state index contributed by atoms with van der Waals surface area (Å²) in [5.41, 5.74) is 3.69. The van der Waals surface area contributed by atoms with E-state index in [4.69, 9.17) is 4.74 Å². The van der Waals surface area contributed by atoms with E-state index < -0.39 is 11.4 Å². The molecule has 2 heterocycles. The minimum absolute atomic E-state index is 0.122. The molecule has 5 aromatic rings. The molecule has 0 aliphatic carbocycles. The molecule has 5 rings (SSSR count). The molecule has 0 saturated carbocycles. The first-order chi connectivity index (χ1) is 16.6. The maximum absolute atomic E-state index is 15.3. The summed E-state index contributed by atoms with van der Waals surface area (Å²) in [5.74, 6) is 0.178. The molecule has 0 aliphatic rings. The molecule has 2 aromatic heterocycles. The van der Waals surface area contributed by atoms with Crippen LogP contribution in [-0.2, 0) is 6.54 Å². The van der Waals surface area contributed by atoms with Gasteiger partial charge in [0.1, 0.15) is 24.2 Å². The number of hydrogen-bond donors (Lipinski definition) is 1. The Morgan fingerprint density at radius 3 is 2.41 bits per heavy atom. The highest BCUT2D eigenvalue weighted by Gasteiger charge is 2.16. The maximum atomic E-state index is 15.3. The predicted molar refractivity (Wildman–Crippen MR) is 129 cm³/mol. The monoisotopic (exact) mass is 455 g/mol. The Morgan fingerprint density at radius 2 is 1.71 bits per heavy atom. The lowest BCUT2D eigenvalue weighted by Gasteiger charge is -2.12. The second kappa shape index (κ2) is 8.92. The van der Waals surface area contributed by atoms with Crippen LogP contribution in [0.3, 0.4) is 0 Å². The first-order valence-corrected chi connectivity index (χ1v) is 10.7. The van der Waals surface area contributed by atoms with E-state index in [-0.39, 0.29) is 16.9 Å². The molecule has 8 heteroatoms. The number of benzene rings is 3. The Hall–Kier alpha value is -4.30. The van der Waals surface area contributed by atoms with Crippen LogP contribution >= 0.6 is 0 Å². The van der Waals surface area contributed by atoms with Gasteiger partial charge in [-0.3, -0.25) is 13.9 Å². The van der Waals surface area contributed by atoms with Gasteiger partial charge in [-0.1, -0.05) is 30.3 Å². The smallest absolute Gasteiger partial charge is 0.284 e. The third-order valence-corrected chi connectivity index (χ3v) is 5.72. The average Bonchev–Trinajstić information content (AvgIpc) is 3.30. The summed E-state index contributed by atoms with van der Waals surface area (Å²) >= 11 is 0. The third kappa shape index (κ3) is 3.74. The largest absolute Gasteiger partial charge is 0.497 e. The summed E-state index contributed by atoms with van der Waals surface area (Å²) in [6.07, 6.45) is 2.84. The summed E-state index contributed by atoms with van der Waals surface area (Å²) < 4.78 is 23.4. The molecule has 34 heavy (non-hydrogen) atoms. The highest BCUT2D eigenvalue weighted by Crippen LogP contribution is 2.27.